The average Bonchev–Trinajstić information content (AvgIpc) is 3.36. The van der Waals surface area contributed by atoms with E-state index in [0.29, 0.717) is 11.5 Å². The van der Waals surface area contributed by atoms with Gasteiger partial charge >= 0.3 is 0 Å². The van der Waals surface area contributed by atoms with E-state index in [4.69, 9.17) is 14.0 Å². The molecule has 0 fully saturated rings. The Balaban J connectivity index is 1.78. The number of carbonyl (C=O) groups excluding carboxylic acids is 1. The van der Waals surface area contributed by atoms with Crippen LogP contribution in [0.1, 0.15) is 16.1 Å². The summed E-state index contributed by atoms with van der Waals surface area (Å²) in [6, 6.07) is 7.90. The van der Waals surface area contributed by atoms with Crippen LogP contribution < -0.4 is 14.8 Å². The van der Waals surface area contributed by atoms with E-state index in [1.807, 2.05) is 17.5 Å². The van der Waals surface area contributed by atoms with E-state index in [2.05, 4.69) is 10.5 Å². The van der Waals surface area contributed by atoms with Gasteiger partial charge in [-0.05, 0) is 11.4 Å². The number of nitro benzene ring substituents is 1. The molecule has 0 saturated heterocycles. The number of thiophene rings is 1. The highest BCUT2D eigenvalue weighted by Gasteiger charge is 2.24. The number of ether oxygens (including phenoxy) is 2. The molecule has 3 aromatic rings. The van der Waals surface area contributed by atoms with E-state index >= 15 is 0 Å². The molecule has 0 radical (unpaired) electrons. The van der Waals surface area contributed by atoms with Crippen molar-refractivity contribution in [2.75, 3.05) is 14.2 Å². The summed E-state index contributed by atoms with van der Waals surface area (Å²) in [6.45, 7) is 0.0548. The van der Waals surface area contributed by atoms with Crippen LogP contribution in [-0.4, -0.2) is 30.2 Å². The molecule has 3 rings (SSSR count). The first-order valence-electron chi connectivity index (χ1n) is 7.71. The Hall–Kier alpha value is -3.40. The Labute approximate surface area is 157 Å². The second kappa shape index (κ2) is 7.87. The Kier molecular flexibility index (Phi) is 5.36. The first kappa shape index (κ1) is 18.4. The monoisotopic (exact) mass is 389 g/mol. The predicted octanol–water partition coefficient (Wildman–Crippen LogP) is 3.26. The molecule has 2 aromatic heterocycles. The molecule has 0 aliphatic carbocycles. The minimum absolute atomic E-state index is 0.0548. The van der Waals surface area contributed by atoms with Gasteiger partial charge in [0.25, 0.3) is 11.6 Å². The largest absolute Gasteiger partial charge is 0.493 e. The number of nitrogens with zero attached hydrogens (tertiary/aromatic N) is 2. The molecule has 0 aliphatic rings. The van der Waals surface area contributed by atoms with Gasteiger partial charge < -0.3 is 19.3 Å². The number of aromatic nitrogens is 1. The lowest BCUT2D eigenvalue weighted by atomic mass is 10.1. The molecule has 0 saturated carbocycles. The second-order valence-electron chi connectivity index (χ2n) is 5.32. The number of hydrogen-bond acceptors (Lipinski definition) is 8. The molecule has 10 heteroatoms. The topological polar surface area (TPSA) is 117 Å². The standard InChI is InChI=1S/C17H15N3O6S/c1-24-13-7-11(12(20(22)23)8-14(13)25-2)17(21)18-9-10-6-15(26-19-10)16-4-3-5-27-16/h3-8H,9H2,1-2H3,(H,18,21). The van der Waals surface area contributed by atoms with Crippen molar-refractivity contribution in [2.24, 2.45) is 0 Å². The van der Waals surface area contributed by atoms with Crippen molar-refractivity contribution >= 4 is 22.9 Å². The van der Waals surface area contributed by atoms with Gasteiger partial charge in [-0.15, -0.1) is 11.3 Å². The highest BCUT2D eigenvalue weighted by atomic mass is 32.1. The lowest BCUT2D eigenvalue weighted by Gasteiger charge is -2.10. The van der Waals surface area contributed by atoms with Crippen LogP contribution >= 0.6 is 11.3 Å². The van der Waals surface area contributed by atoms with Crippen LogP contribution in [0.5, 0.6) is 11.5 Å². The van der Waals surface area contributed by atoms with Gasteiger partial charge in [0.2, 0.25) is 0 Å². The Morgan fingerprint density at radius 1 is 1.30 bits per heavy atom. The SMILES string of the molecule is COc1cc(C(=O)NCc2cc(-c3cccs3)on2)c([N+](=O)[O-])cc1OC. The molecule has 1 aromatic carbocycles. The summed E-state index contributed by atoms with van der Waals surface area (Å²) >= 11 is 1.50. The van der Waals surface area contributed by atoms with E-state index in [1.165, 1.54) is 31.6 Å². The molecule has 0 spiro atoms. The molecule has 1 N–H and O–H groups in total. The maximum Gasteiger partial charge on any atom is 0.286 e. The van der Waals surface area contributed by atoms with Gasteiger partial charge in [-0.2, -0.15) is 0 Å². The van der Waals surface area contributed by atoms with Crippen LogP contribution in [0.3, 0.4) is 0 Å². The number of carbonyl (C=O) groups is 1. The zero-order valence-corrected chi connectivity index (χ0v) is 15.2. The minimum Gasteiger partial charge on any atom is -0.493 e. The number of methoxy groups -OCH3 is 2. The van der Waals surface area contributed by atoms with Gasteiger partial charge in [-0.25, -0.2) is 0 Å². The van der Waals surface area contributed by atoms with Crippen molar-refractivity contribution < 1.29 is 23.7 Å². The first-order valence-corrected chi connectivity index (χ1v) is 8.59. The number of benzene rings is 1. The minimum atomic E-state index is -0.651. The highest BCUT2D eigenvalue weighted by Crippen LogP contribution is 2.34. The maximum atomic E-state index is 12.5. The number of rotatable bonds is 7. The molecular weight excluding hydrogens is 374 g/mol. The van der Waals surface area contributed by atoms with E-state index in [1.54, 1.807) is 6.07 Å². The Morgan fingerprint density at radius 3 is 2.67 bits per heavy atom. The summed E-state index contributed by atoms with van der Waals surface area (Å²) in [5.74, 6) is 0.335. The fraction of sp³-hybridized carbons (Fsp3) is 0.176. The van der Waals surface area contributed by atoms with Crippen molar-refractivity contribution in [3.8, 4) is 22.1 Å². The van der Waals surface area contributed by atoms with Crippen LogP contribution in [0.25, 0.3) is 10.6 Å². The summed E-state index contributed by atoms with van der Waals surface area (Å²) in [7, 11) is 2.74. The summed E-state index contributed by atoms with van der Waals surface area (Å²) in [5.41, 5.74) is -0.0286. The van der Waals surface area contributed by atoms with Crippen LogP contribution in [0, 0.1) is 10.1 Å². The molecule has 1 amide bonds. The molecular formula is C17H15N3O6S. The average molecular weight is 389 g/mol. The molecule has 0 unspecified atom stereocenters. The number of hydrogen-bond donors (Lipinski definition) is 1. The third-order valence-corrected chi connectivity index (χ3v) is 4.58. The molecule has 9 nitrogen and oxygen atoms in total. The second-order valence-corrected chi connectivity index (χ2v) is 6.27. The van der Waals surface area contributed by atoms with Crippen LogP contribution in [0.2, 0.25) is 0 Å². The molecule has 27 heavy (non-hydrogen) atoms. The third kappa shape index (κ3) is 3.90. The molecule has 0 atom stereocenters. The van der Waals surface area contributed by atoms with Crippen LogP contribution in [-0.2, 0) is 6.54 Å². The molecule has 2 heterocycles. The van der Waals surface area contributed by atoms with Crippen LogP contribution in [0.4, 0.5) is 5.69 Å². The quantitative estimate of drug-likeness (QED) is 0.487. The normalized spacial score (nSPS) is 10.4. The lowest BCUT2D eigenvalue weighted by Crippen LogP contribution is -2.24. The van der Waals surface area contributed by atoms with Crippen LogP contribution in [0.15, 0.2) is 40.2 Å². The van der Waals surface area contributed by atoms with Gasteiger partial charge in [-0.3, -0.25) is 14.9 Å². The van der Waals surface area contributed by atoms with E-state index in [9.17, 15) is 14.9 Å². The lowest BCUT2D eigenvalue weighted by molar-refractivity contribution is -0.385. The Bertz CT molecular complexity index is 967. The van der Waals surface area contributed by atoms with Crippen molar-refractivity contribution in [1.82, 2.24) is 10.5 Å². The van der Waals surface area contributed by atoms with Gasteiger partial charge in [0.1, 0.15) is 11.3 Å². The number of amides is 1. The highest BCUT2D eigenvalue weighted by molar-refractivity contribution is 7.13. The van der Waals surface area contributed by atoms with Crippen molar-refractivity contribution in [3.63, 3.8) is 0 Å². The third-order valence-electron chi connectivity index (χ3n) is 3.70. The molecule has 0 aliphatic heterocycles. The number of nitrogens with one attached hydrogen (secondary N) is 1. The zero-order valence-electron chi connectivity index (χ0n) is 14.4. The predicted molar refractivity (Wildman–Crippen MR) is 97.2 cm³/mol. The zero-order chi connectivity index (χ0) is 19.4. The van der Waals surface area contributed by atoms with Gasteiger partial charge in [0.15, 0.2) is 17.3 Å². The maximum absolute atomic E-state index is 12.5. The summed E-state index contributed by atoms with van der Waals surface area (Å²) in [4.78, 5) is 24.0. The van der Waals surface area contributed by atoms with Gasteiger partial charge in [-0.1, -0.05) is 11.2 Å². The van der Waals surface area contributed by atoms with Gasteiger partial charge in [0.05, 0.1) is 36.6 Å². The molecule has 0 bridgehead atoms. The fourth-order valence-electron chi connectivity index (χ4n) is 2.40. The van der Waals surface area contributed by atoms with Gasteiger partial charge in [0, 0.05) is 12.1 Å². The molecule has 140 valence electrons. The van der Waals surface area contributed by atoms with E-state index in [-0.39, 0.29) is 29.3 Å². The smallest absolute Gasteiger partial charge is 0.286 e. The van der Waals surface area contributed by atoms with Crippen molar-refractivity contribution in [3.05, 3.63) is 57.1 Å². The van der Waals surface area contributed by atoms with Crippen molar-refractivity contribution in [1.29, 1.82) is 0 Å². The summed E-state index contributed by atoms with van der Waals surface area (Å²) < 4.78 is 15.4. The van der Waals surface area contributed by atoms with E-state index < -0.39 is 10.8 Å². The summed E-state index contributed by atoms with van der Waals surface area (Å²) in [5, 5.41) is 19.7. The summed E-state index contributed by atoms with van der Waals surface area (Å²) in [6.07, 6.45) is 0. The van der Waals surface area contributed by atoms with E-state index in [0.717, 1.165) is 10.9 Å². The fourth-order valence-corrected chi connectivity index (χ4v) is 3.07. The van der Waals surface area contributed by atoms with Crippen molar-refractivity contribution in [2.45, 2.75) is 6.54 Å². The Morgan fingerprint density at radius 2 is 2.04 bits per heavy atom. The first-order chi connectivity index (χ1) is 13.0. The number of nitro groups is 1.